The van der Waals surface area contributed by atoms with E-state index in [1.807, 2.05) is 0 Å². The summed E-state index contributed by atoms with van der Waals surface area (Å²) in [6.07, 6.45) is 0. The fourth-order valence-corrected chi connectivity index (χ4v) is 2.46. The Morgan fingerprint density at radius 1 is 1.47 bits per heavy atom. The predicted molar refractivity (Wildman–Crippen MR) is 61.5 cm³/mol. The lowest BCUT2D eigenvalue weighted by Gasteiger charge is -2.08. The predicted octanol–water partition coefficient (Wildman–Crippen LogP) is 1.53. The lowest BCUT2D eigenvalue weighted by molar-refractivity contribution is 0.584. The fourth-order valence-electron chi connectivity index (χ4n) is 1.19. The maximum Gasteiger partial charge on any atom is 0.240 e. The first-order valence-corrected chi connectivity index (χ1v) is 6.30. The molecule has 0 heterocycles. The number of rotatable bonds is 3. The van der Waals surface area contributed by atoms with Crippen LogP contribution in [-0.2, 0) is 10.0 Å². The maximum absolute atomic E-state index is 11.6. The van der Waals surface area contributed by atoms with Gasteiger partial charge in [-0.05, 0) is 24.6 Å². The Morgan fingerprint density at radius 2 is 2.07 bits per heavy atom. The second-order valence-corrected chi connectivity index (χ2v) is 5.29. The van der Waals surface area contributed by atoms with Crippen LogP contribution in [0, 0.1) is 6.92 Å². The van der Waals surface area contributed by atoms with Crippen molar-refractivity contribution in [2.75, 3.05) is 12.3 Å². The third-order valence-corrected chi connectivity index (χ3v) is 3.94. The van der Waals surface area contributed by atoms with Crippen LogP contribution in [0.4, 0.5) is 5.69 Å². The van der Waals surface area contributed by atoms with E-state index in [-0.39, 0.29) is 10.6 Å². The summed E-state index contributed by atoms with van der Waals surface area (Å²) in [5.74, 6) is 0. The minimum absolute atomic E-state index is 0.142. The SMILES string of the molecule is CCNS(=O)(=O)c1cc(C)c(Cl)c(N)c1. The lowest BCUT2D eigenvalue weighted by atomic mass is 10.2. The average molecular weight is 249 g/mol. The number of halogens is 1. The van der Waals surface area contributed by atoms with Gasteiger partial charge in [0, 0.05) is 6.54 Å². The number of sulfonamides is 1. The van der Waals surface area contributed by atoms with E-state index in [0.29, 0.717) is 17.1 Å². The van der Waals surface area contributed by atoms with E-state index in [2.05, 4.69) is 4.72 Å². The van der Waals surface area contributed by atoms with E-state index >= 15 is 0 Å². The summed E-state index contributed by atoms with van der Waals surface area (Å²) in [6.45, 7) is 3.76. The molecule has 0 aliphatic rings. The van der Waals surface area contributed by atoms with Gasteiger partial charge in [-0.1, -0.05) is 18.5 Å². The van der Waals surface area contributed by atoms with Crippen molar-refractivity contribution in [3.63, 3.8) is 0 Å². The van der Waals surface area contributed by atoms with Gasteiger partial charge < -0.3 is 5.73 Å². The number of nitrogens with two attached hydrogens (primary N) is 1. The molecule has 1 aromatic carbocycles. The molecule has 0 unspecified atom stereocenters. The summed E-state index contributed by atoms with van der Waals surface area (Å²) in [4.78, 5) is 0.142. The van der Waals surface area contributed by atoms with Gasteiger partial charge in [0.25, 0.3) is 0 Å². The standard InChI is InChI=1S/C9H13ClN2O2S/c1-3-12-15(13,14)7-4-6(2)9(10)8(11)5-7/h4-5,12H,3,11H2,1-2H3. The third kappa shape index (κ3) is 2.62. The van der Waals surface area contributed by atoms with Crippen LogP contribution in [0.2, 0.25) is 5.02 Å². The molecule has 0 bridgehead atoms. The Bertz CT molecular complexity index is 448. The van der Waals surface area contributed by atoms with Crippen LogP contribution >= 0.6 is 11.6 Å². The molecule has 0 saturated heterocycles. The molecular formula is C9H13ClN2O2S. The average Bonchev–Trinajstić information content (AvgIpc) is 2.13. The number of benzene rings is 1. The maximum atomic E-state index is 11.6. The summed E-state index contributed by atoms with van der Waals surface area (Å²) in [7, 11) is -3.46. The van der Waals surface area contributed by atoms with Gasteiger partial charge >= 0.3 is 0 Å². The normalized spacial score (nSPS) is 11.7. The molecule has 4 nitrogen and oxygen atoms in total. The molecule has 84 valence electrons. The second-order valence-electron chi connectivity index (χ2n) is 3.14. The van der Waals surface area contributed by atoms with Gasteiger partial charge in [-0.2, -0.15) is 0 Å². The second kappa shape index (κ2) is 4.38. The van der Waals surface area contributed by atoms with Gasteiger partial charge in [0.1, 0.15) is 0 Å². The molecule has 0 amide bonds. The Labute approximate surface area is 94.5 Å². The minimum atomic E-state index is -3.46. The number of nitrogens with one attached hydrogen (secondary N) is 1. The monoisotopic (exact) mass is 248 g/mol. The van der Waals surface area contributed by atoms with Crippen molar-refractivity contribution in [1.82, 2.24) is 4.72 Å². The summed E-state index contributed by atoms with van der Waals surface area (Å²) >= 11 is 5.84. The van der Waals surface area contributed by atoms with Crippen LogP contribution in [0.15, 0.2) is 17.0 Å². The van der Waals surface area contributed by atoms with Crippen LogP contribution in [0.1, 0.15) is 12.5 Å². The summed E-state index contributed by atoms with van der Waals surface area (Å²) in [6, 6.07) is 2.85. The molecule has 0 radical (unpaired) electrons. The zero-order chi connectivity index (χ0) is 11.6. The first-order chi connectivity index (χ1) is 6.88. The fraction of sp³-hybridized carbons (Fsp3) is 0.333. The molecule has 0 aliphatic carbocycles. The van der Waals surface area contributed by atoms with Gasteiger partial charge in [-0.15, -0.1) is 0 Å². The number of anilines is 1. The van der Waals surface area contributed by atoms with Gasteiger partial charge in [0.2, 0.25) is 10.0 Å². The van der Waals surface area contributed by atoms with Crippen LogP contribution in [0.5, 0.6) is 0 Å². The number of hydrogen-bond acceptors (Lipinski definition) is 3. The topological polar surface area (TPSA) is 72.2 Å². The summed E-state index contributed by atoms with van der Waals surface area (Å²) in [5.41, 5.74) is 6.51. The van der Waals surface area contributed by atoms with E-state index in [1.165, 1.54) is 12.1 Å². The zero-order valence-corrected chi connectivity index (χ0v) is 10.1. The van der Waals surface area contributed by atoms with Gasteiger partial charge in [-0.3, -0.25) is 0 Å². The Balaban J connectivity index is 3.29. The highest BCUT2D eigenvalue weighted by Crippen LogP contribution is 2.26. The van der Waals surface area contributed by atoms with Crippen molar-refractivity contribution < 1.29 is 8.42 Å². The van der Waals surface area contributed by atoms with Crippen molar-refractivity contribution in [3.8, 4) is 0 Å². The van der Waals surface area contributed by atoms with Crippen molar-refractivity contribution >= 4 is 27.3 Å². The molecular weight excluding hydrogens is 236 g/mol. The molecule has 0 fully saturated rings. The smallest absolute Gasteiger partial charge is 0.240 e. The number of hydrogen-bond donors (Lipinski definition) is 2. The molecule has 0 atom stereocenters. The molecule has 6 heteroatoms. The largest absolute Gasteiger partial charge is 0.397 e. The van der Waals surface area contributed by atoms with Crippen LogP contribution in [-0.4, -0.2) is 15.0 Å². The van der Waals surface area contributed by atoms with Crippen molar-refractivity contribution in [1.29, 1.82) is 0 Å². The number of nitrogen functional groups attached to an aromatic ring is 1. The summed E-state index contributed by atoms with van der Waals surface area (Å²) < 4.78 is 25.7. The van der Waals surface area contributed by atoms with Crippen LogP contribution in [0.25, 0.3) is 0 Å². The molecule has 0 spiro atoms. The Hall–Kier alpha value is -0.780. The van der Waals surface area contributed by atoms with Gasteiger partial charge in [0.05, 0.1) is 15.6 Å². The molecule has 15 heavy (non-hydrogen) atoms. The quantitative estimate of drug-likeness (QED) is 0.797. The Morgan fingerprint density at radius 3 is 2.53 bits per heavy atom. The molecule has 0 aromatic heterocycles. The third-order valence-electron chi connectivity index (χ3n) is 1.90. The van der Waals surface area contributed by atoms with Gasteiger partial charge in [0.15, 0.2) is 0 Å². The van der Waals surface area contributed by atoms with Crippen molar-refractivity contribution in [2.24, 2.45) is 0 Å². The highest BCUT2D eigenvalue weighted by atomic mass is 35.5. The molecule has 1 aromatic rings. The molecule has 1 rings (SSSR count). The molecule has 0 saturated carbocycles. The van der Waals surface area contributed by atoms with E-state index in [4.69, 9.17) is 17.3 Å². The molecule has 0 aliphatic heterocycles. The van der Waals surface area contributed by atoms with E-state index in [0.717, 1.165) is 0 Å². The minimum Gasteiger partial charge on any atom is -0.397 e. The van der Waals surface area contributed by atoms with Crippen LogP contribution in [0.3, 0.4) is 0 Å². The highest BCUT2D eigenvalue weighted by Gasteiger charge is 2.15. The Kier molecular flexibility index (Phi) is 3.59. The summed E-state index contributed by atoms with van der Waals surface area (Å²) in [5, 5.41) is 0.394. The lowest BCUT2D eigenvalue weighted by Crippen LogP contribution is -2.23. The number of aryl methyl sites for hydroxylation is 1. The zero-order valence-electron chi connectivity index (χ0n) is 8.54. The first-order valence-electron chi connectivity index (χ1n) is 4.43. The molecule has 3 N–H and O–H groups in total. The van der Waals surface area contributed by atoms with E-state index < -0.39 is 10.0 Å². The van der Waals surface area contributed by atoms with E-state index in [1.54, 1.807) is 13.8 Å². The van der Waals surface area contributed by atoms with Gasteiger partial charge in [-0.25, -0.2) is 13.1 Å². The van der Waals surface area contributed by atoms with Crippen molar-refractivity contribution in [3.05, 3.63) is 22.7 Å². The van der Waals surface area contributed by atoms with E-state index in [9.17, 15) is 8.42 Å². The highest BCUT2D eigenvalue weighted by molar-refractivity contribution is 7.89. The van der Waals surface area contributed by atoms with Crippen molar-refractivity contribution in [2.45, 2.75) is 18.7 Å². The van der Waals surface area contributed by atoms with Crippen LogP contribution < -0.4 is 10.5 Å². The first kappa shape index (κ1) is 12.3.